The zero-order valence-electron chi connectivity index (χ0n) is 16.7. The van der Waals surface area contributed by atoms with Gasteiger partial charge in [0.25, 0.3) is 0 Å². The monoisotopic (exact) mass is 390 g/mol. The van der Waals surface area contributed by atoms with Gasteiger partial charge in [-0.3, -0.25) is 9.89 Å². The Kier molecular flexibility index (Phi) is 7.44. The molecule has 2 unspecified atom stereocenters. The molecule has 2 saturated heterocycles. The molecule has 0 saturated carbocycles. The smallest absolute Gasteiger partial charge is 0.191 e. The highest BCUT2D eigenvalue weighted by molar-refractivity contribution is 7.99. The number of hydrogen-bond acceptors (Lipinski definition) is 4. The topological polar surface area (TPSA) is 59.9 Å². The number of nitrogens with one attached hydrogen (secondary N) is 2. The quantitative estimate of drug-likeness (QED) is 0.515. The molecule has 1 aromatic carbocycles. The van der Waals surface area contributed by atoms with Crippen molar-refractivity contribution < 1.29 is 5.11 Å². The summed E-state index contributed by atoms with van der Waals surface area (Å²) in [5.74, 6) is 2.68. The predicted octanol–water partition coefficient (Wildman–Crippen LogP) is 2.64. The molecule has 0 amide bonds. The number of rotatable bonds is 6. The average molecular weight is 391 g/mol. The molecule has 5 nitrogen and oxygen atoms in total. The van der Waals surface area contributed by atoms with Crippen molar-refractivity contribution >= 4 is 17.7 Å². The van der Waals surface area contributed by atoms with Crippen LogP contribution in [-0.2, 0) is 0 Å². The Morgan fingerprint density at radius 3 is 2.70 bits per heavy atom. The van der Waals surface area contributed by atoms with Crippen molar-refractivity contribution in [1.82, 2.24) is 15.5 Å². The Balaban J connectivity index is 1.50. The number of piperidine rings is 1. The first-order valence-corrected chi connectivity index (χ1v) is 11.4. The number of aliphatic imine (C=N–C) groups is 1. The van der Waals surface area contributed by atoms with E-state index >= 15 is 0 Å². The summed E-state index contributed by atoms with van der Waals surface area (Å²) < 4.78 is 0. The lowest BCUT2D eigenvalue weighted by Crippen LogP contribution is -2.49. The van der Waals surface area contributed by atoms with Crippen LogP contribution in [0.15, 0.2) is 35.3 Å². The number of likely N-dealkylation sites (tertiary alicyclic amines) is 1. The molecule has 0 radical (unpaired) electrons. The van der Waals surface area contributed by atoms with Gasteiger partial charge in [0.1, 0.15) is 0 Å². The third-order valence-electron chi connectivity index (χ3n) is 5.66. The zero-order chi connectivity index (χ0) is 19.1. The number of thioether (sulfide) groups is 1. The van der Waals surface area contributed by atoms with Gasteiger partial charge < -0.3 is 15.7 Å². The fourth-order valence-electron chi connectivity index (χ4n) is 3.83. The van der Waals surface area contributed by atoms with Crippen LogP contribution in [0.5, 0.6) is 0 Å². The van der Waals surface area contributed by atoms with E-state index < -0.39 is 5.60 Å². The summed E-state index contributed by atoms with van der Waals surface area (Å²) in [4.78, 5) is 7.25. The number of nitrogens with zero attached hydrogens (tertiary/aromatic N) is 2. The Morgan fingerprint density at radius 2 is 2.07 bits per heavy atom. The van der Waals surface area contributed by atoms with Crippen molar-refractivity contribution in [2.24, 2.45) is 4.99 Å². The lowest BCUT2D eigenvalue weighted by Gasteiger charge is -2.37. The van der Waals surface area contributed by atoms with E-state index in [2.05, 4.69) is 64.7 Å². The Hall–Kier alpha value is -1.24. The van der Waals surface area contributed by atoms with Gasteiger partial charge in [0.05, 0.1) is 12.1 Å². The summed E-state index contributed by atoms with van der Waals surface area (Å²) in [6, 6.07) is 11.7. The molecule has 0 spiro atoms. The minimum Gasteiger partial charge on any atom is -0.387 e. The molecule has 3 N–H and O–H groups in total. The molecule has 3 rings (SSSR count). The average Bonchev–Trinajstić information content (AvgIpc) is 3.14. The highest BCUT2D eigenvalue weighted by atomic mass is 32.2. The van der Waals surface area contributed by atoms with Crippen molar-refractivity contribution in [3.05, 3.63) is 35.9 Å². The van der Waals surface area contributed by atoms with Crippen molar-refractivity contribution in [3.8, 4) is 0 Å². The minimum absolute atomic E-state index is 0.439. The first-order valence-electron chi connectivity index (χ1n) is 10.2. The van der Waals surface area contributed by atoms with Gasteiger partial charge in [-0.1, -0.05) is 30.3 Å². The molecule has 2 heterocycles. The number of guanidine groups is 1. The van der Waals surface area contributed by atoms with Crippen LogP contribution in [-0.4, -0.2) is 65.3 Å². The highest BCUT2D eigenvalue weighted by Crippen LogP contribution is 2.28. The van der Waals surface area contributed by atoms with Gasteiger partial charge >= 0.3 is 0 Å². The van der Waals surface area contributed by atoms with Crippen molar-refractivity contribution in [2.75, 3.05) is 37.7 Å². The minimum atomic E-state index is -0.624. The first-order chi connectivity index (χ1) is 13.1. The number of benzene rings is 1. The van der Waals surface area contributed by atoms with Crippen LogP contribution in [0.25, 0.3) is 0 Å². The van der Waals surface area contributed by atoms with Crippen LogP contribution in [0.4, 0.5) is 0 Å². The maximum Gasteiger partial charge on any atom is 0.191 e. The maximum absolute atomic E-state index is 10.5. The highest BCUT2D eigenvalue weighted by Gasteiger charge is 2.31. The van der Waals surface area contributed by atoms with E-state index in [0.717, 1.165) is 56.4 Å². The van der Waals surface area contributed by atoms with Gasteiger partial charge in [-0.25, -0.2) is 0 Å². The van der Waals surface area contributed by atoms with E-state index in [1.165, 1.54) is 5.56 Å². The SMILES string of the molecule is CCNC(=NCC1(O)CCSC1)NC1CCN(C(C)c2ccccc2)CC1. The molecule has 0 aliphatic carbocycles. The molecule has 27 heavy (non-hydrogen) atoms. The van der Waals surface area contributed by atoms with E-state index in [1.54, 1.807) is 0 Å². The summed E-state index contributed by atoms with van der Waals surface area (Å²) in [6.07, 6.45) is 3.07. The second kappa shape index (κ2) is 9.80. The molecule has 2 atom stereocenters. The fraction of sp³-hybridized carbons (Fsp3) is 0.667. The van der Waals surface area contributed by atoms with Crippen LogP contribution < -0.4 is 10.6 Å². The summed E-state index contributed by atoms with van der Waals surface area (Å²) >= 11 is 1.82. The summed E-state index contributed by atoms with van der Waals surface area (Å²) in [5.41, 5.74) is 0.767. The van der Waals surface area contributed by atoms with Crippen LogP contribution >= 0.6 is 11.8 Å². The van der Waals surface area contributed by atoms with Gasteiger partial charge in [0.2, 0.25) is 0 Å². The summed E-state index contributed by atoms with van der Waals surface area (Å²) in [6.45, 7) is 7.89. The normalized spacial score (nSPS) is 26.1. The lowest BCUT2D eigenvalue weighted by atomic mass is 10.0. The van der Waals surface area contributed by atoms with Gasteiger partial charge in [0, 0.05) is 37.5 Å². The van der Waals surface area contributed by atoms with E-state index in [1.807, 2.05) is 11.8 Å². The molecule has 2 fully saturated rings. The zero-order valence-corrected chi connectivity index (χ0v) is 17.5. The maximum atomic E-state index is 10.5. The second-order valence-corrected chi connectivity index (χ2v) is 8.87. The molecular weight excluding hydrogens is 356 g/mol. The second-order valence-electron chi connectivity index (χ2n) is 7.76. The molecule has 2 aliphatic heterocycles. The van der Waals surface area contributed by atoms with Crippen molar-refractivity contribution in [2.45, 2.75) is 50.8 Å². The van der Waals surface area contributed by atoms with Crippen molar-refractivity contribution in [1.29, 1.82) is 0 Å². The van der Waals surface area contributed by atoms with E-state index in [0.29, 0.717) is 18.6 Å². The lowest BCUT2D eigenvalue weighted by molar-refractivity contribution is 0.0778. The third-order valence-corrected chi connectivity index (χ3v) is 6.89. The summed E-state index contributed by atoms with van der Waals surface area (Å²) in [5, 5.41) is 17.5. The third kappa shape index (κ3) is 5.87. The van der Waals surface area contributed by atoms with Gasteiger partial charge in [0.15, 0.2) is 5.96 Å². The van der Waals surface area contributed by atoms with E-state index in [-0.39, 0.29) is 0 Å². The Labute approximate surface area is 168 Å². The van der Waals surface area contributed by atoms with E-state index in [4.69, 9.17) is 0 Å². The molecule has 0 bridgehead atoms. The molecule has 2 aliphatic rings. The summed E-state index contributed by atoms with van der Waals surface area (Å²) in [7, 11) is 0. The molecule has 6 heteroatoms. The molecular formula is C21H34N4OS. The van der Waals surface area contributed by atoms with Gasteiger partial charge in [-0.2, -0.15) is 11.8 Å². The first kappa shape index (κ1) is 20.5. The standard InChI is InChI=1S/C21H34N4OS/c1-3-22-20(23-15-21(26)11-14-27-16-21)24-19-9-12-25(13-10-19)17(2)18-7-5-4-6-8-18/h4-8,17,19,26H,3,9-16H2,1-2H3,(H2,22,23,24). The van der Waals surface area contributed by atoms with Crippen molar-refractivity contribution in [3.63, 3.8) is 0 Å². The molecule has 0 aromatic heterocycles. The predicted molar refractivity (Wildman–Crippen MR) is 115 cm³/mol. The van der Waals surface area contributed by atoms with Gasteiger partial charge in [-0.15, -0.1) is 0 Å². The van der Waals surface area contributed by atoms with Crippen LogP contribution in [0.1, 0.15) is 44.7 Å². The Morgan fingerprint density at radius 1 is 1.33 bits per heavy atom. The fourth-order valence-corrected chi connectivity index (χ4v) is 5.12. The van der Waals surface area contributed by atoms with Crippen LogP contribution in [0.2, 0.25) is 0 Å². The Bertz CT molecular complexity index is 595. The molecule has 1 aromatic rings. The number of hydrogen-bond donors (Lipinski definition) is 3. The molecule has 150 valence electrons. The van der Waals surface area contributed by atoms with E-state index in [9.17, 15) is 5.11 Å². The van der Waals surface area contributed by atoms with Crippen LogP contribution in [0.3, 0.4) is 0 Å². The largest absolute Gasteiger partial charge is 0.387 e. The van der Waals surface area contributed by atoms with Crippen LogP contribution in [0, 0.1) is 0 Å². The van der Waals surface area contributed by atoms with Gasteiger partial charge in [-0.05, 0) is 44.4 Å². The number of aliphatic hydroxyl groups is 1.